The number of likely N-dealkylation sites (N-methyl/N-ethyl adjacent to an activating group) is 1. The summed E-state index contributed by atoms with van der Waals surface area (Å²) in [6, 6.07) is 0. The van der Waals surface area contributed by atoms with Crippen LogP contribution in [-0.4, -0.2) is 47.2 Å². The van der Waals surface area contributed by atoms with Gasteiger partial charge >= 0.3 is 11.9 Å². The molecular weight excluding hydrogens is 198 g/mol. The molecule has 0 saturated carbocycles. The number of rotatable bonds is 5. The second-order valence-corrected chi connectivity index (χ2v) is 4.28. The van der Waals surface area contributed by atoms with Crippen LogP contribution in [0.25, 0.3) is 0 Å². The molecule has 0 bridgehead atoms. The molecule has 15 heavy (non-hydrogen) atoms. The number of carboxylic acid groups (broad SMARTS) is 1. The van der Waals surface area contributed by atoms with Crippen molar-refractivity contribution in [3.05, 3.63) is 0 Å². The fourth-order valence-corrected chi connectivity index (χ4v) is 1.03. The minimum atomic E-state index is -0.944. The summed E-state index contributed by atoms with van der Waals surface area (Å²) >= 11 is 0. The van der Waals surface area contributed by atoms with Crippen molar-refractivity contribution in [1.29, 1.82) is 0 Å². The first-order valence-corrected chi connectivity index (χ1v) is 4.90. The maximum absolute atomic E-state index is 11.4. The molecule has 0 fully saturated rings. The molecule has 0 atom stereocenters. The molecule has 0 heterocycles. The van der Waals surface area contributed by atoms with E-state index in [1.165, 1.54) is 4.90 Å². The van der Waals surface area contributed by atoms with Crippen molar-refractivity contribution in [1.82, 2.24) is 4.90 Å². The van der Waals surface area contributed by atoms with E-state index < -0.39 is 17.5 Å². The second-order valence-electron chi connectivity index (χ2n) is 4.28. The van der Waals surface area contributed by atoms with Gasteiger partial charge in [-0.15, -0.1) is 0 Å². The quantitative estimate of drug-likeness (QED) is 0.688. The lowest BCUT2D eigenvalue weighted by atomic mass is 10.2. The Morgan fingerprint density at radius 3 is 2.13 bits per heavy atom. The van der Waals surface area contributed by atoms with Crippen LogP contribution < -0.4 is 0 Å². The van der Waals surface area contributed by atoms with E-state index in [1.807, 2.05) is 0 Å². The number of hydrogen-bond acceptors (Lipinski definition) is 4. The van der Waals surface area contributed by atoms with Gasteiger partial charge in [0.1, 0.15) is 5.60 Å². The summed E-state index contributed by atoms with van der Waals surface area (Å²) in [4.78, 5) is 23.3. The SMILES string of the molecule is CCN(CC(=O)O)CC(=O)OC(C)(C)C. The molecule has 0 spiro atoms. The van der Waals surface area contributed by atoms with Gasteiger partial charge in [-0.25, -0.2) is 0 Å². The molecule has 0 saturated heterocycles. The molecular formula is C10H19NO4. The van der Waals surface area contributed by atoms with Crippen LogP contribution in [0.2, 0.25) is 0 Å². The molecule has 0 rings (SSSR count). The first kappa shape index (κ1) is 13.9. The van der Waals surface area contributed by atoms with E-state index in [-0.39, 0.29) is 13.1 Å². The fraction of sp³-hybridized carbons (Fsp3) is 0.800. The first-order chi connectivity index (χ1) is 6.74. The predicted octanol–water partition coefficient (Wildman–Crippen LogP) is 0.735. The Morgan fingerprint density at radius 2 is 1.80 bits per heavy atom. The highest BCUT2D eigenvalue weighted by Gasteiger charge is 2.19. The zero-order chi connectivity index (χ0) is 12.1. The van der Waals surface area contributed by atoms with Crippen LogP contribution in [0, 0.1) is 0 Å². The van der Waals surface area contributed by atoms with Crippen LogP contribution >= 0.6 is 0 Å². The molecule has 0 radical (unpaired) electrons. The predicted molar refractivity (Wildman–Crippen MR) is 55.6 cm³/mol. The van der Waals surface area contributed by atoms with E-state index in [1.54, 1.807) is 27.7 Å². The number of ether oxygens (including phenoxy) is 1. The summed E-state index contributed by atoms with van der Waals surface area (Å²) in [6.07, 6.45) is 0. The van der Waals surface area contributed by atoms with E-state index in [0.717, 1.165) is 0 Å². The molecule has 0 aromatic carbocycles. The minimum absolute atomic E-state index is 0.0140. The van der Waals surface area contributed by atoms with Gasteiger partial charge in [-0.1, -0.05) is 6.92 Å². The zero-order valence-electron chi connectivity index (χ0n) is 9.74. The topological polar surface area (TPSA) is 66.8 Å². The van der Waals surface area contributed by atoms with Gasteiger partial charge in [-0.3, -0.25) is 14.5 Å². The lowest BCUT2D eigenvalue weighted by Gasteiger charge is -2.22. The van der Waals surface area contributed by atoms with Crippen LogP contribution in [0.5, 0.6) is 0 Å². The Balaban J connectivity index is 4.07. The molecule has 0 aromatic rings. The Kier molecular flexibility index (Phi) is 5.28. The van der Waals surface area contributed by atoms with Crippen molar-refractivity contribution in [2.75, 3.05) is 19.6 Å². The molecule has 0 amide bonds. The second kappa shape index (κ2) is 5.70. The molecule has 0 aromatic heterocycles. The van der Waals surface area contributed by atoms with Gasteiger partial charge in [-0.2, -0.15) is 0 Å². The normalized spacial score (nSPS) is 11.5. The van der Waals surface area contributed by atoms with Crippen molar-refractivity contribution in [2.24, 2.45) is 0 Å². The first-order valence-electron chi connectivity index (χ1n) is 4.90. The molecule has 5 heteroatoms. The van der Waals surface area contributed by atoms with Gasteiger partial charge in [0.2, 0.25) is 0 Å². The molecule has 88 valence electrons. The highest BCUT2D eigenvalue weighted by atomic mass is 16.6. The average molecular weight is 217 g/mol. The number of carbonyl (C=O) groups is 2. The molecule has 0 unspecified atom stereocenters. The molecule has 1 N–H and O–H groups in total. The van der Waals surface area contributed by atoms with Crippen molar-refractivity contribution in [3.8, 4) is 0 Å². The summed E-state index contributed by atoms with van der Waals surface area (Å²) in [5, 5.41) is 8.57. The Bertz CT molecular complexity index is 232. The third-order valence-corrected chi connectivity index (χ3v) is 1.58. The van der Waals surface area contributed by atoms with Gasteiger partial charge in [0.05, 0.1) is 13.1 Å². The van der Waals surface area contributed by atoms with Gasteiger partial charge in [0.15, 0.2) is 0 Å². The standard InChI is InChI=1S/C10H19NO4/c1-5-11(6-8(12)13)7-9(14)15-10(2,3)4/h5-7H2,1-4H3,(H,12,13). The summed E-state index contributed by atoms with van der Waals surface area (Å²) in [7, 11) is 0. The van der Waals surface area contributed by atoms with Crippen LogP contribution in [0.1, 0.15) is 27.7 Å². The van der Waals surface area contributed by atoms with E-state index in [0.29, 0.717) is 6.54 Å². The van der Waals surface area contributed by atoms with Crippen LogP contribution in [0.4, 0.5) is 0 Å². The largest absolute Gasteiger partial charge is 0.480 e. The van der Waals surface area contributed by atoms with E-state index in [2.05, 4.69) is 0 Å². The highest BCUT2D eigenvalue weighted by molar-refractivity contribution is 5.74. The number of hydrogen-bond donors (Lipinski definition) is 1. The smallest absolute Gasteiger partial charge is 0.320 e. The lowest BCUT2D eigenvalue weighted by molar-refractivity contribution is -0.156. The average Bonchev–Trinajstić information content (AvgIpc) is 1.98. The van der Waals surface area contributed by atoms with Crippen LogP contribution in [0.15, 0.2) is 0 Å². The van der Waals surface area contributed by atoms with Gasteiger partial charge < -0.3 is 9.84 Å². The van der Waals surface area contributed by atoms with E-state index in [9.17, 15) is 9.59 Å². The highest BCUT2D eigenvalue weighted by Crippen LogP contribution is 2.07. The Morgan fingerprint density at radius 1 is 1.27 bits per heavy atom. The number of esters is 1. The maximum Gasteiger partial charge on any atom is 0.320 e. The number of carbonyl (C=O) groups excluding carboxylic acids is 1. The van der Waals surface area contributed by atoms with E-state index >= 15 is 0 Å². The van der Waals surface area contributed by atoms with Crippen LogP contribution in [0.3, 0.4) is 0 Å². The van der Waals surface area contributed by atoms with Gasteiger partial charge in [-0.05, 0) is 27.3 Å². The lowest BCUT2D eigenvalue weighted by Crippen LogP contribution is -2.37. The van der Waals surface area contributed by atoms with Gasteiger partial charge in [0, 0.05) is 0 Å². The van der Waals surface area contributed by atoms with E-state index in [4.69, 9.17) is 9.84 Å². The summed E-state index contributed by atoms with van der Waals surface area (Å²) in [5.74, 6) is -1.34. The zero-order valence-corrected chi connectivity index (χ0v) is 9.74. The third-order valence-electron chi connectivity index (χ3n) is 1.58. The van der Waals surface area contributed by atoms with Crippen molar-refractivity contribution < 1.29 is 19.4 Å². The Hall–Kier alpha value is -1.10. The summed E-state index contributed by atoms with van der Waals surface area (Å²) in [5.41, 5.74) is -0.528. The van der Waals surface area contributed by atoms with Crippen LogP contribution in [-0.2, 0) is 14.3 Å². The molecule has 0 aliphatic carbocycles. The third kappa shape index (κ3) is 7.93. The number of carboxylic acids is 1. The molecule has 5 nitrogen and oxygen atoms in total. The van der Waals surface area contributed by atoms with Crippen molar-refractivity contribution in [3.63, 3.8) is 0 Å². The molecule has 0 aliphatic heterocycles. The number of aliphatic carboxylic acids is 1. The summed E-state index contributed by atoms with van der Waals surface area (Å²) < 4.78 is 5.08. The van der Waals surface area contributed by atoms with Crippen molar-refractivity contribution >= 4 is 11.9 Å². The number of nitrogens with zero attached hydrogens (tertiary/aromatic N) is 1. The van der Waals surface area contributed by atoms with Gasteiger partial charge in [0.25, 0.3) is 0 Å². The Labute approximate surface area is 90.0 Å². The van der Waals surface area contributed by atoms with Crippen molar-refractivity contribution in [2.45, 2.75) is 33.3 Å². The molecule has 0 aliphatic rings. The minimum Gasteiger partial charge on any atom is -0.480 e. The fourth-order valence-electron chi connectivity index (χ4n) is 1.03. The maximum atomic E-state index is 11.4. The monoisotopic (exact) mass is 217 g/mol. The summed E-state index contributed by atoms with van der Waals surface area (Å²) in [6.45, 7) is 7.50.